The first-order chi connectivity index (χ1) is 12.1. The Morgan fingerprint density at radius 2 is 1.88 bits per heavy atom. The molecule has 0 heterocycles. The van der Waals surface area contributed by atoms with Crippen LogP contribution in [0.3, 0.4) is 0 Å². The molecule has 0 saturated carbocycles. The zero-order valence-corrected chi connectivity index (χ0v) is 16.6. The number of hydrogen-bond donors (Lipinski definition) is 0. The van der Waals surface area contributed by atoms with Crippen LogP contribution in [0.1, 0.15) is 12.5 Å². The van der Waals surface area contributed by atoms with E-state index in [0.29, 0.717) is 11.3 Å². The van der Waals surface area contributed by atoms with Crippen molar-refractivity contribution in [2.24, 2.45) is 4.99 Å². The Hall–Kier alpha value is -2.12. The van der Waals surface area contributed by atoms with Crippen LogP contribution in [0.25, 0.3) is 0 Å². The van der Waals surface area contributed by atoms with Crippen molar-refractivity contribution in [3.05, 3.63) is 52.8 Å². The highest BCUT2D eigenvalue weighted by Crippen LogP contribution is 2.38. The van der Waals surface area contributed by atoms with Crippen LogP contribution < -0.4 is 4.31 Å². The average Bonchev–Trinajstić information content (AvgIpc) is 2.56. The number of nitrogens with zero attached hydrogens (tertiary/aromatic N) is 3. The van der Waals surface area contributed by atoms with Gasteiger partial charge >= 0.3 is 0 Å². The van der Waals surface area contributed by atoms with Crippen LogP contribution >= 0.6 is 11.6 Å². The zero-order chi connectivity index (χ0) is 19.5. The van der Waals surface area contributed by atoms with Gasteiger partial charge in [0.25, 0.3) is 0 Å². The normalized spacial score (nSPS) is 11.8. The molecule has 8 heteroatoms. The van der Waals surface area contributed by atoms with E-state index < -0.39 is 15.8 Å². The van der Waals surface area contributed by atoms with Crippen LogP contribution in [0.2, 0.25) is 5.02 Å². The van der Waals surface area contributed by atoms with Crippen molar-refractivity contribution in [2.75, 3.05) is 24.2 Å². The lowest BCUT2D eigenvalue weighted by Gasteiger charge is -2.25. The van der Waals surface area contributed by atoms with E-state index >= 15 is 0 Å². The molecule has 0 atom stereocenters. The van der Waals surface area contributed by atoms with Gasteiger partial charge in [-0.15, -0.1) is 0 Å². The fourth-order valence-electron chi connectivity index (χ4n) is 2.32. The van der Waals surface area contributed by atoms with Crippen molar-refractivity contribution in [2.45, 2.75) is 13.8 Å². The molecule has 0 saturated heterocycles. The fraction of sp³-hybridized carbons (Fsp3) is 0.278. The molecular weight excluding hydrogens is 377 g/mol. The summed E-state index contributed by atoms with van der Waals surface area (Å²) in [6.45, 7) is 4.50. The van der Waals surface area contributed by atoms with E-state index in [1.165, 1.54) is 24.3 Å². The van der Waals surface area contributed by atoms with Crippen molar-refractivity contribution in [1.29, 1.82) is 0 Å². The maximum atomic E-state index is 14.2. The van der Waals surface area contributed by atoms with Gasteiger partial charge in [-0.25, -0.2) is 22.1 Å². The van der Waals surface area contributed by atoms with Gasteiger partial charge in [-0.1, -0.05) is 23.7 Å². The minimum absolute atomic E-state index is 0.0591. The summed E-state index contributed by atoms with van der Waals surface area (Å²) in [4.78, 5) is 6.19. The van der Waals surface area contributed by atoms with Crippen molar-refractivity contribution in [3.63, 3.8) is 0 Å². The first-order valence-corrected chi connectivity index (χ1v) is 10.2. The van der Waals surface area contributed by atoms with Crippen molar-refractivity contribution >= 4 is 45.0 Å². The van der Waals surface area contributed by atoms with Gasteiger partial charge in [0.1, 0.15) is 5.82 Å². The molecule has 0 amide bonds. The molecule has 5 nitrogen and oxygen atoms in total. The molecule has 2 aromatic rings. The second-order valence-electron chi connectivity index (χ2n) is 5.89. The first kappa shape index (κ1) is 20.2. The van der Waals surface area contributed by atoms with E-state index in [1.807, 2.05) is 18.9 Å². The summed E-state index contributed by atoms with van der Waals surface area (Å²) in [5.74, 6) is -0.639. The lowest BCUT2D eigenvalue weighted by atomic mass is 10.1. The largest absolute Gasteiger partial charge is 0.366 e. The first-order valence-electron chi connectivity index (χ1n) is 7.94. The molecule has 2 aromatic carbocycles. The summed E-state index contributed by atoms with van der Waals surface area (Å²) in [6, 6.07) is 8.86. The average molecular weight is 398 g/mol. The number of para-hydroxylation sites is 1. The smallest absolute Gasteiger partial charge is 0.236 e. The SMILES string of the molecule is CCN(C)C=Nc1cc(C)c(N(c2ccccc2F)S(C)(=O)=O)cc1Cl. The van der Waals surface area contributed by atoms with Crippen molar-refractivity contribution in [1.82, 2.24) is 4.90 Å². The lowest BCUT2D eigenvalue weighted by Crippen LogP contribution is -2.26. The predicted molar refractivity (Wildman–Crippen MR) is 106 cm³/mol. The molecule has 26 heavy (non-hydrogen) atoms. The Bertz CT molecular complexity index is 932. The molecule has 0 aliphatic carbocycles. The molecule has 0 aliphatic heterocycles. The highest BCUT2D eigenvalue weighted by Gasteiger charge is 2.25. The third kappa shape index (κ3) is 4.53. The Labute approximate surface area is 158 Å². The van der Waals surface area contributed by atoms with Gasteiger partial charge in [0, 0.05) is 13.6 Å². The van der Waals surface area contributed by atoms with E-state index in [9.17, 15) is 12.8 Å². The van der Waals surface area contributed by atoms with Gasteiger partial charge in [-0.3, -0.25) is 0 Å². The minimum Gasteiger partial charge on any atom is -0.366 e. The Morgan fingerprint density at radius 3 is 2.46 bits per heavy atom. The third-order valence-electron chi connectivity index (χ3n) is 3.78. The maximum absolute atomic E-state index is 14.2. The Kier molecular flexibility index (Phi) is 6.26. The summed E-state index contributed by atoms with van der Waals surface area (Å²) in [5, 5.41) is 0.274. The van der Waals surface area contributed by atoms with Gasteiger partial charge in [0.2, 0.25) is 10.0 Å². The molecule has 0 radical (unpaired) electrons. The zero-order valence-electron chi connectivity index (χ0n) is 15.1. The molecular formula is C18H21ClFN3O2S. The summed E-state index contributed by atoms with van der Waals surface area (Å²) in [6.07, 6.45) is 2.67. The summed E-state index contributed by atoms with van der Waals surface area (Å²) < 4.78 is 39.9. The van der Waals surface area contributed by atoms with E-state index in [4.69, 9.17) is 11.6 Å². The van der Waals surface area contributed by atoms with Gasteiger partial charge in [0.05, 0.1) is 34.7 Å². The second kappa shape index (κ2) is 8.05. The standard InChI is InChI=1S/C18H21ClFN3O2S/c1-5-22(3)12-21-16-10-13(2)18(11-14(16)19)23(26(4,24)25)17-9-7-6-8-15(17)20/h6-12H,5H2,1-4H3. The monoisotopic (exact) mass is 397 g/mol. The number of aryl methyl sites for hydroxylation is 1. The topological polar surface area (TPSA) is 53.0 Å². The number of rotatable bonds is 6. The predicted octanol–water partition coefficient (Wildman–Crippen LogP) is 4.50. The van der Waals surface area contributed by atoms with E-state index in [2.05, 4.69) is 4.99 Å². The van der Waals surface area contributed by atoms with E-state index in [-0.39, 0.29) is 16.4 Å². The van der Waals surface area contributed by atoms with Crippen LogP contribution in [0.15, 0.2) is 41.4 Å². The quantitative estimate of drug-likeness (QED) is 0.532. The van der Waals surface area contributed by atoms with Crippen molar-refractivity contribution in [3.8, 4) is 0 Å². The highest BCUT2D eigenvalue weighted by molar-refractivity contribution is 7.92. The van der Waals surface area contributed by atoms with Crippen LogP contribution in [-0.4, -0.2) is 39.5 Å². The Balaban J connectivity index is 2.59. The van der Waals surface area contributed by atoms with Gasteiger partial charge < -0.3 is 4.90 Å². The third-order valence-corrected chi connectivity index (χ3v) is 5.14. The van der Waals surface area contributed by atoms with Gasteiger partial charge in [0.15, 0.2) is 0 Å². The van der Waals surface area contributed by atoms with Crippen LogP contribution in [0, 0.1) is 12.7 Å². The minimum atomic E-state index is -3.79. The maximum Gasteiger partial charge on any atom is 0.236 e. The molecule has 0 aliphatic rings. The molecule has 0 aromatic heterocycles. The van der Waals surface area contributed by atoms with Crippen molar-refractivity contribution < 1.29 is 12.8 Å². The molecule has 140 valence electrons. The Morgan fingerprint density at radius 1 is 1.23 bits per heavy atom. The number of aliphatic imine (C=N–C) groups is 1. The van der Waals surface area contributed by atoms with Gasteiger partial charge in [-0.2, -0.15) is 0 Å². The number of benzene rings is 2. The van der Waals surface area contributed by atoms with Crippen LogP contribution in [0.5, 0.6) is 0 Å². The summed E-state index contributed by atoms with van der Waals surface area (Å²) >= 11 is 6.30. The molecule has 0 unspecified atom stereocenters. The molecule has 0 fully saturated rings. The fourth-order valence-corrected chi connectivity index (χ4v) is 3.59. The lowest BCUT2D eigenvalue weighted by molar-refractivity contribution is 0.552. The van der Waals surface area contributed by atoms with Gasteiger partial charge in [-0.05, 0) is 43.7 Å². The van der Waals surface area contributed by atoms with E-state index in [1.54, 1.807) is 25.4 Å². The number of hydrogen-bond acceptors (Lipinski definition) is 3. The summed E-state index contributed by atoms with van der Waals surface area (Å²) in [7, 11) is -1.91. The number of halogens is 2. The molecule has 0 bridgehead atoms. The van der Waals surface area contributed by atoms with Crippen LogP contribution in [-0.2, 0) is 10.0 Å². The molecule has 0 spiro atoms. The highest BCUT2D eigenvalue weighted by atomic mass is 35.5. The summed E-state index contributed by atoms with van der Waals surface area (Å²) in [5.41, 5.74) is 1.34. The number of sulfonamides is 1. The second-order valence-corrected chi connectivity index (χ2v) is 8.13. The van der Waals surface area contributed by atoms with Crippen LogP contribution in [0.4, 0.5) is 21.5 Å². The number of anilines is 2. The molecule has 2 rings (SSSR count). The van der Waals surface area contributed by atoms with E-state index in [0.717, 1.165) is 17.1 Å². The molecule has 0 N–H and O–H groups in total.